The van der Waals surface area contributed by atoms with Crippen LogP contribution in [0.4, 0.5) is 0 Å². The smallest absolute Gasteiger partial charge is 0.323 e. The Morgan fingerprint density at radius 1 is 1.27 bits per heavy atom. The summed E-state index contributed by atoms with van der Waals surface area (Å²) in [7, 11) is -8.13. The second kappa shape index (κ2) is 4.42. The molecule has 0 aliphatic rings. The summed E-state index contributed by atoms with van der Waals surface area (Å²) in [4.78, 5) is 8.52. The van der Waals surface area contributed by atoms with Crippen molar-refractivity contribution in [3.63, 3.8) is 0 Å². The molecule has 1 aromatic rings. The molecule has 1 N–H and O–H groups in total. The van der Waals surface area contributed by atoms with Gasteiger partial charge in [-0.15, -0.1) is 4.67 Å². The molecule has 0 spiro atoms. The molecule has 0 bridgehead atoms. The Balaban J connectivity index is 2.82. The zero-order chi connectivity index (χ0) is 11.5. The molecule has 1 rings (SSSR count). The summed E-state index contributed by atoms with van der Waals surface area (Å²) in [6.45, 7) is 0.813. The Kier molecular flexibility index (Phi) is 3.64. The van der Waals surface area contributed by atoms with Crippen LogP contribution in [0.1, 0.15) is 0 Å². The van der Waals surface area contributed by atoms with Gasteiger partial charge >= 0.3 is 17.7 Å². The maximum atomic E-state index is 11.3. The van der Waals surface area contributed by atoms with Gasteiger partial charge in [0.2, 0.25) is 0 Å². The predicted molar refractivity (Wildman–Crippen MR) is 51.5 cm³/mol. The van der Waals surface area contributed by atoms with Crippen molar-refractivity contribution in [2.24, 2.45) is 0 Å². The lowest BCUT2D eigenvalue weighted by atomic mass is 10.4. The third kappa shape index (κ3) is 4.11. The van der Waals surface area contributed by atoms with Crippen LogP contribution in [-0.4, -0.2) is 20.0 Å². The molecule has 0 saturated heterocycles. The molecule has 0 amide bonds. The minimum absolute atomic E-state index is 0.154. The van der Waals surface area contributed by atoms with Gasteiger partial charge in [0.05, 0.1) is 4.90 Å². The maximum absolute atomic E-state index is 11.3. The highest BCUT2D eigenvalue weighted by Crippen LogP contribution is 2.37. The van der Waals surface area contributed by atoms with Crippen molar-refractivity contribution in [2.45, 2.75) is 4.90 Å². The fraction of sp³-hybridized carbons (Fsp3) is 0.143. The van der Waals surface area contributed by atoms with Crippen LogP contribution in [0.3, 0.4) is 0 Å². The number of hydrogen-bond donors (Lipinski definition) is 1. The van der Waals surface area contributed by atoms with Gasteiger partial charge in [0.1, 0.15) is 0 Å². The van der Waals surface area contributed by atoms with Gasteiger partial charge in [0, 0.05) is 6.66 Å². The SMILES string of the molecule is CP(=O)(O)OOS(=O)(=O)c1ccccc1. The lowest BCUT2D eigenvalue weighted by Gasteiger charge is -2.05. The van der Waals surface area contributed by atoms with Crippen LogP contribution >= 0.6 is 7.60 Å². The molecule has 0 aliphatic carbocycles. The molecule has 0 heterocycles. The third-order valence-corrected chi connectivity index (χ3v) is 2.84. The monoisotopic (exact) mass is 252 g/mol. The summed E-state index contributed by atoms with van der Waals surface area (Å²) in [5.74, 6) is 0. The molecule has 15 heavy (non-hydrogen) atoms. The van der Waals surface area contributed by atoms with Crippen molar-refractivity contribution in [2.75, 3.05) is 6.66 Å². The normalized spacial score (nSPS) is 15.9. The second-order valence-electron chi connectivity index (χ2n) is 2.71. The molecule has 0 aliphatic heterocycles. The minimum Gasteiger partial charge on any atom is -0.323 e. The van der Waals surface area contributed by atoms with E-state index in [2.05, 4.69) is 9.01 Å². The average Bonchev–Trinajstić information content (AvgIpc) is 2.16. The quantitative estimate of drug-likeness (QED) is 0.491. The summed E-state index contributed by atoms with van der Waals surface area (Å²) in [5, 5.41) is 0. The van der Waals surface area contributed by atoms with Gasteiger partial charge in [0.15, 0.2) is 0 Å². The highest BCUT2D eigenvalue weighted by molar-refractivity contribution is 7.86. The van der Waals surface area contributed by atoms with E-state index in [1.807, 2.05) is 0 Å². The molecular formula is C7H9O6PS. The Morgan fingerprint density at radius 3 is 2.27 bits per heavy atom. The van der Waals surface area contributed by atoms with E-state index in [-0.39, 0.29) is 4.90 Å². The zero-order valence-electron chi connectivity index (χ0n) is 7.73. The van der Waals surface area contributed by atoms with E-state index < -0.39 is 17.7 Å². The van der Waals surface area contributed by atoms with Crippen LogP contribution in [-0.2, 0) is 23.7 Å². The van der Waals surface area contributed by atoms with Crippen LogP contribution in [0.15, 0.2) is 35.2 Å². The van der Waals surface area contributed by atoms with Gasteiger partial charge in [-0.3, -0.25) is 4.57 Å². The van der Waals surface area contributed by atoms with Crippen molar-refractivity contribution >= 4 is 17.7 Å². The van der Waals surface area contributed by atoms with E-state index in [0.717, 1.165) is 6.66 Å². The number of benzene rings is 1. The third-order valence-electron chi connectivity index (χ3n) is 1.29. The Morgan fingerprint density at radius 2 is 1.80 bits per heavy atom. The topological polar surface area (TPSA) is 89.9 Å². The number of rotatable bonds is 4. The van der Waals surface area contributed by atoms with Gasteiger partial charge in [0.25, 0.3) is 0 Å². The van der Waals surface area contributed by atoms with Crippen LogP contribution in [0.25, 0.3) is 0 Å². The molecule has 6 nitrogen and oxygen atoms in total. The largest absolute Gasteiger partial charge is 0.354 e. The first-order chi connectivity index (χ1) is 6.81. The van der Waals surface area contributed by atoms with Gasteiger partial charge in [-0.25, -0.2) is 0 Å². The van der Waals surface area contributed by atoms with E-state index in [1.165, 1.54) is 24.3 Å². The zero-order valence-corrected chi connectivity index (χ0v) is 9.44. The van der Waals surface area contributed by atoms with Crippen molar-refractivity contribution in [3.8, 4) is 0 Å². The van der Waals surface area contributed by atoms with Gasteiger partial charge in [-0.1, -0.05) is 22.5 Å². The Hall–Kier alpha value is -0.720. The van der Waals surface area contributed by atoms with Crippen LogP contribution in [0.2, 0.25) is 0 Å². The molecule has 0 radical (unpaired) electrons. The first kappa shape index (κ1) is 12.4. The molecule has 1 aromatic carbocycles. The van der Waals surface area contributed by atoms with Crippen molar-refractivity contribution in [1.82, 2.24) is 0 Å². The van der Waals surface area contributed by atoms with E-state index in [1.54, 1.807) is 6.07 Å². The molecule has 0 aromatic heterocycles. The average molecular weight is 252 g/mol. The van der Waals surface area contributed by atoms with E-state index >= 15 is 0 Å². The highest BCUT2D eigenvalue weighted by Gasteiger charge is 2.21. The Labute approximate surface area is 87.0 Å². The summed E-state index contributed by atoms with van der Waals surface area (Å²) in [6.07, 6.45) is 0. The maximum Gasteiger partial charge on any atom is 0.354 e. The standard InChI is InChI=1S/C7H9O6PS/c1-14(8,9)12-13-15(10,11)7-5-3-2-4-6-7/h2-6H,1H3,(H,8,9). The fourth-order valence-corrected chi connectivity index (χ4v) is 2.06. The Bertz CT molecular complexity index is 462. The van der Waals surface area contributed by atoms with E-state index in [0.29, 0.717) is 0 Å². The fourth-order valence-electron chi connectivity index (χ4n) is 0.723. The summed E-state index contributed by atoms with van der Waals surface area (Å²) in [6, 6.07) is 7.14. The van der Waals surface area contributed by atoms with Crippen LogP contribution in [0.5, 0.6) is 0 Å². The molecule has 84 valence electrons. The van der Waals surface area contributed by atoms with Gasteiger partial charge in [-0.05, 0) is 12.1 Å². The lowest BCUT2D eigenvalue weighted by Crippen LogP contribution is -2.05. The van der Waals surface area contributed by atoms with Gasteiger partial charge in [-0.2, -0.15) is 8.42 Å². The predicted octanol–water partition coefficient (Wildman–Crippen LogP) is 1.14. The highest BCUT2D eigenvalue weighted by atomic mass is 32.2. The lowest BCUT2D eigenvalue weighted by molar-refractivity contribution is -0.100. The first-order valence-electron chi connectivity index (χ1n) is 3.79. The summed E-state index contributed by atoms with van der Waals surface area (Å²) >= 11 is 0. The first-order valence-corrected chi connectivity index (χ1v) is 7.23. The van der Waals surface area contributed by atoms with Crippen molar-refractivity contribution < 1.29 is 26.9 Å². The molecule has 8 heteroatoms. The van der Waals surface area contributed by atoms with Gasteiger partial charge < -0.3 is 4.89 Å². The van der Waals surface area contributed by atoms with E-state index in [4.69, 9.17) is 4.89 Å². The second-order valence-corrected chi connectivity index (χ2v) is 5.98. The summed E-state index contributed by atoms with van der Waals surface area (Å²) in [5.41, 5.74) is 0. The minimum atomic E-state index is -4.15. The molecular weight excluding hydrogens is 243 g/mol. The van der Waals surface area contributed by atoms with Crippen molar-refractivity contribution in [1.29, 1.82) is 0 Å². The summed E-state index contributed by atoms with van der Waals surface area (Å²) < 4.78 is 41.0. The molecule has 0 fully saturated rings. The van der Waals surface area contributed by atoms with Crippen LogP contribution in [0, 0.1) is 0 Å². The van der Waals surface area contributed by atoms with Crippen LogP contribution < -0.4 is 0 Å². The number of hydrogen-bond acceptors (Lipinski definition) is 5. The van der Waals surface area contributed by atoms with Crippen molar-refractivity contribution in [3.05, 3.63) is 30.3 Å². The molecule has 1 unspecified atom stereocenters. The van der Waals surface area contributed by atoms with E-state index in [9.17, 15) is 13.0 Å². The molecule has 1 atom stereocenters. The molecule has 0 saturated carbocycles.